The van der Waals surface area contributed by atoms with Gasteiger partial charge in [0.15, 0.2) is 5.96 Å². The number of aliphatic hydroxyl groups excluding tert-OH is 4. The normalized spacial score (nSPS) is 16.0. The van der Waals surface area contributed by atoms with Crippen LogP contribution < -0.4 is 91.6 Å². The van der Waals surface area contributed by atoms with Gasteiger partial charge in [0, 0.05) is 13.1 Å². The number of carboxylic acids is 1. The molecule has 0 unspecified atom stereocenters. The van der Waals surface area contributed by atoms with Crippen molar-refractivity contribution in [2.24, 2.45) is 28.1 Å². The first-order valence-electron chi connectivity index (χ1n) is 34.5. The molecule has 1 aromatic rings. The van der Waals surface area contributed by atoms with Gasteiger partial charge in [-0.3, -0.25) is 72.1 Å². The van der Waals surface area contributed by atoms with Gasteiger partial charge in [0.05, 0.1) is 52.0 Å². The van der Waals surface area contributed by atoms with E-state index in [2.05, 4.69) is 79.4 Å². The number of amides is 15. The van der Waals surface area contributed by atoms with E-state index in [4.69, 9.17) is 17.2 Å². The molecule has 15 amide bonds. The number of aliphatic imine (C=N–C) groups is 1. The zero-order chi connectivity index (χ0) is 82.4. The molecular formula is C64H103N19O23S2Se. The summed E-state index contributed by atoms with van der Waals surface area (Å²) in [7, 11) is 1.63. The maximum absolute atomic E-state index is 13.9. The molecule has 1 aliphatic rings. The first-order chi connectivity index (χ1) is 51.3. The van der Waals surface area contributed by atoms with Gasteiger partial charge in [0.2, 0.25) is 70.1 Å². The number of phenols is 1. The van der Waals surface area contributed by atoms with Crippen LogP contribution in [0.15, 0.2) is 29.3 Å². The van der Waals surface area contributed by atoms with Crippen LogP contribution in [0.3, 0.4) is 0 Å². The van der Waals surface area contributed by atoms with E-state index in [1.165, 1.54) is 45.0 Å². The molecule has 0 saturated carbocycles. The summed E-state index contributed by atoms with van der Waals surface area (Å²) < 4.78 is 0. The summed E-state index contributed by atoms with van der Waals surface area (Å²) in [6.07, 6.45) is -2.88. The van der Waals surface area contributed by atoms with E-state index in [1.54, 1.807) is 31.0 Å². The Bertz CT molecular complexity index is 3360. The standard InChI is InChI=1S/C64H103N19O23S2Se/c1-9-107-48(93)25-71-56(99)41(26-84)79-59(102)42(27-85)78-52(95)32(6)72-51(94)31(5)74-60(103)44-14-12-20-83(44)63(106)43(28-86)80-58(101)40(22-47(91)92)76-46(90)23-69-55(98)38(13-11-19-68-64(66)67)75-45(89)24-70-61(104)50(34(8)87)82-62(105)49(30(3)4)81-53(96)33(7)73-57(100)39(21-35-15-17-36(88)18-16-35)77-54(97)37(65)29-109-108-10-2/h15-18,30-34,37-44,49-50,84-88H,9-14,19-29,65H2,1-8H3,(H,69,98)(H,70,104)(H,71,99)(H,72,94)(H,73,100)(H,74,103)(H,75,89)(H,76,90)(H,77,97)(H,78,95)(H,79,102)(H,80,101)(H,81,96)(H,82,105)(H,91,92)(H4,66,67,68)/t31-,32-,33-,34+,37-,38-,39-,40-,41-,42-,43-,44-,49-,50-/m0/s1. The number of aromatic hydroxyl groups is 1. The number of aliphatic carboxylic acids is 1. The third-order valence-electron chi connectivity index (χ3n) is 15.8. The summed E-state index contributed by atoms with van der Waals surface area (Å²) in [4.78, 5) is 229. The Morgan fingerprint density at radius 3 is 1.61 bits per heavy atom. The molecule has 610 valence electrons. The Morgan fingerprint density at radius 1 is 0.560 bits per heavy atom. The zero-order valence-corrected chi connectivity index (χ0v) is 64.8. The van der Waals surface area contributed by atoms with E-state index >= 15 is 0 Å². The molecule has 1 aromatic carbocycles. The number of carboxylic acid groups (broad SMARTS) is 1. The predicted octanol–water partition coefficient (Wildman–Crippen LogP) is -10.4. The summed E-state index contributed by atoms with van der Waals surface area (Å²) in [5, 5.41) is 92.3. The molecule has 1 saturated heterocycles. The van der Waals surface area contributed by atoms with Crippen LogP contribution in [0.5, 0.6) is 5.75 Å². The Morgan fingerprint density at radius 2 is 1.05 bits per heavy atom. The van der Waals surface area contributed by atoms with Crippen molar-refractivity contribution in [1.82, 2.24) is 79.3 Å². The number of likely N-dealkylation sites (tertiary alicyclic amines) is 1. The van der Waals surface area contributed by atoms with Gasteiger partial charge >= 0.3 is 192 Å². The molecule has 14 atom stereocenters. The molecule has 2 rings (SSSR count). The predicted molar refractivity (Wildman–Crippen MR) is 394 cm³/mol. The van der Waals surface area contributed by atoms with E-state index in [9.17, 15) is 112 Å². The number of thioether (sulfide) groups is 1. The molecule has 42 nitrogen and oxygen atoms in total. The van der Waals surface area contributed by atoms with Gasteiger partial charge in [-0.1, -0.05) is 32.5 Å². The molecule has 26 N–H and O–H groups in total. The SMILES string of the molecule is CCS[Se]C[C@H](N)C(=O)N[C@@H](Cc1ccc(O)cc1)C(=O)N[C@@H](C)C(=O)N[C@H](C(=O)N[C@H](C(=O)NCC(=O)N[C@@H](CCCN=C(N)N)C(=O)NCC(=O)N[C@@H](CC(=O)O)C(=O)N[C@@H](CO)C(=O)N1CCC[C@H]1C(=O)N[C@@H](C)C(=O)N[C@@H](C)C(=O)N[C@@H](CO)C(=O)N[C@@H](CO)C(=O)NCC(=O)SCC)[C@@H](C)O)C(C)C. The van der Waals surface area contributed by atoms with Crippen molar-refractivity contribution in [3.63, 3.8) is 0 Å². The van der Waals surface area contributed by atoms with Crippen molar-refractivity contribution in [2.75, 3.05) is 64.1 Å². The Balaban J connectivity index is 2.12. The van der Waals surface area contributed by atoms with Gasteiger partial charge in [0.1, 0.15) is 54.4 Å². The second kappa shape index (κ2) is 49.5. The number of hydrogen-bond donors (Lipinski definition) is 23. The fourth-order valence-corrected chi connectivity index (χ4v) is 13.7. The molecule has 1 heterocycles. The van der Waals surface area contributed by atoms with Crippen LogP contribution in [0, 0.1) is 5.92 Å². The van der Waals surface area contributed by atoms with Gasteiger partial charge < -0.3 is 100 Å². The topological polar surface area (TPSA) is 674 Å². The minimum Gasteiger partial charge on any atom is -0.481 e. The molecule has 1 fully saturated rings. The molecule has 0 aromatic heterocycles. The number of carbonyl (C=O) groups is 17. The number of benzene rings is 1. The van der Waals surface area contributed by atoms with Crippen LogP contribution in [0.1, 0.15) is 93.1 Å². The maximum atomic E-state index is 13.9. The third kappa shape index (κ3) is 34.7. The molecule has 1 aliphatic heterocycles. The first kappa shape index (κ1) is 95.6. The molecule has 0 radical (unpaired) electrons. The monoisotopic (exact) mass is 1650 g/mol. The first-order valence-corrected chi connectivity index (χ1v) is 39.7. The van der Waals surface area contributed by atoms with Crippen LogP contribution in [0.2, 0.25) is 5.32 Å². The summed E-state index contributed by atoms with van der Waals surface area (Å²) in [6, 6.07) is -13.7. The molecule has 45 heteroatoms. The zero-order valence-electron chi connectivity index (χ0n) is 61.5. The molecule has 109 heavy (non-hydrogen) atoms. The van der Waals surface area contributed by atoms with Crippen molar-refractivity contribution < 1.29 is 112 Å². The summed E-state index contributed by atoms with van der Waals surface area (Å²) in [5.74, 6) is -16.5. The Labute approximate surface area is 641 Å². The number of hydrogen-bond acceptors (Lipinski definition) is 26. The van der Waals surface area contributed by atoms with E-state index in [0.717, 1.165) is 29.3 Å². The Kier molecular flexibility index (Phi) is 43.4. The quantitative estimate of drug-likeness (QED) is 0.0125. The molecular weight excluding hydrogens is 1550 g/mol. The van der Waals surface area contributed by atoms with E-state index in [1.807, 2.05) is 6.92 Å². The van der Waals surface area contributed by atoms with Crippen molar-refractivity contribution in [2.45, 2.75) is 184 Å². The van der Waals surface area contributed by atoms with Crippen LogP contribution in [-0.4, -0.2) is 304 Å². The number of nitrogens with zero attached hydrogens (tertiary/aromatic N) is 2. The number of guanidine groups is 1. The average Bonchev–Trinajstić information content (AvgIpc) is 1.71. The van der Waals surface area contributed by atoms with Gasteiger partial charge in [-0.2, -0.15) is 0 Å². The second-order valence-corrected chi connectivity index (χ2v) is 31.1. The van der Waals surface area contributed by atoms with Crippen LogP contribution in [0.25, 0.3) is 0 Å². The van der Waals surface area contributed by atoms with E-state index in [-0.39, 0.29) is 70.7 Å². The van der Waals surface area contributed by atoms with Crippen LogP contribution >= 0.6 is 21.9 Å². The van der Waals surface area contributed by atoms with Gasteiger partial charge in [-0.05, 0) is 52.2 Å². The van der Waals surface area contributed by atoms with Crippen molar-refractivity contribution >= 4 is 141 Å². The molecule has 0 aliphatic carbocycles. The fraction of sp³-hybridized carbons (Fsp3) is 0.625. The smallest absolute Gasteiger partial charge is 0.481 e. The van der Waals surface area contributed by atoms with Crippen molar-refractivity contribution in [3.8, 4) is 5.75 Å². The number of nitrogens with one attached hydrogen (secondary N) is 14. The minimum atomic E-state index is -2.00. The number of nitrogens with two attached hydrogens (primary N) is 3. The number of carbonyl (C=O) groups excluding carboxylic acids is 16. The van der Waals surface area contributed by atoms with Crippen LogP contribution in [0.4, 0.5) is 0 Å². The van der Waals surface area contributed by atoms with Crippen molar-refractivity contribution in [3.05, 3.63) is 29.8 Å². The summed E-state index contributed by atoms with van der Waals surface area (Å²) in [6.45, 7) is 6.00. The molecule has 0 spiro atoms. The average molecular weight is 1650 g/mol. The molecule has 0 bridgehead atoms. The Hall–Kier alpha value is -9.50. The van der Waals surface area contributed by atoms with Gasteiger partial charge in [-0.15, -0.1) is 0 Å². The summed E-state index contributed by atoms with van der Waals surface area (Å²) >= 11 is 0.914. The fourth-order valence-electron chi connectivity index (χ4n) is 9.88. The third-order valence-corrected chi connectivity index (χ3v) is 21.2. The van der Waals surface area contributed by atoms with E-state index < -0.39 is 236 Å². The van der Waals surface area contributed by atoms with Crippen molar-refractivity contribution in [1.29, 1.82) is 0 Å². The van der Waals surface area contributed by atoms with Gasteiger partial charge in [0.25, 0.3) is 0 Å². The second-order valence-electron chi connectivity index (χ2n) is 25.0. The van der Waals surface area contributed by atoms with E-state index in [0.29, 0.717) is 16.6 Å². The number of aliphatic hydroxyl groups is 4. The number of phenolic OH excluding ortho intramolecular Hbond substituents is 1. The summed E-state index contributed by atoms with van der Waals surface area (Å²) in [5.41, 5.74) is 17.5. The number of rotatable bonds is 48. The minimum absolute atomic E-state index is 0.00450. The van der Waals surface area contributed by atoms with Gasteiger partial charge in [-0.25, -0.2) is 0 Å². The van der Waals surface area contributed by atoms with Crippen LogP contribution in [-0.2, 0) is 87.9 Å².